The van der Waals surface area contributed by atoms with Crippen molar-refractivity contribution in [2.24, 2.45) is 0 Å². The van der Waals surface area contributed by atoms with E-state index >= 15 is 0 Å². The van der Waals surface area contributed by atoms with Crippen LogP contribution in [0.3, 0.4) is 0 Å². The van der Waals surface area contributed by atoms with Crippen molar-refractivity contribution in [1.29, 1.82) is 0 Å². The zero-order valence-corrected chi connectivity index (χ0v) is 11.2. The molecule has 0 bridgehead atoms. The second-order valence-electron chi connectivity index (χ2n) is 4.64. The summed E-state index contributed by atoms with van der Waals surface area (Å²) in [7, 11) is 0. The minimum atomic E-state index is 0.744. The van der Waals surface area contributed by atoms with E-state index in [1.165, 1.54) is 5.56 Å². The smallest absolute Gasteiger partial charge is 0.121 e. The van der Waals surface area contributed by atoms with Gasteiger partial charge in [-0.05, 0) is 17.7 Å². The Bertz CT molecular complexity index is 665. The summed E-state index contributed by atoms with van der Waals surface area (Å²) in [5.74, 6) is 0.972. The Balaban J connectivity index is 1.51. The molecule has 20 heavy (non-hydrogen) atoms. The maximum Gasteiger partial charge on any atom is 0.121 e. The molecule has 3 rings (SSSR count). The highest BCUT2D eigenvalue weighted by Crippen LogP contribution is 2.09. The predicted molar refractivity (Wildman–Crippen MR) is 83.3 cm³/mol. The van der Waals surface area contributed by atoms with E-state index < -0.39 is 0 Å². The van der Waals surface area contributed by atoms with Crippen LogP contribution in [0.4, 0.5) is 0 Å². The third-order valence-corrected chi connectivity index (χ3v) is 3.10. The van der Waals surface area contributed by atoms with Gasteiger partial charge in [-0.25, -0.2) is 4.98 Å². The number of imidazole rings is 1. The maximum absolute atomic E-state index is 4.53. The van der Waals surface area contributed by atoms with Crippen LogP contribution in [0.2, 0.25) is 0 Å². The first-order valence-corrected chi connectivity index (χ1v) is 6.78. The molecular weight excluding hydrogens is 246 g/mol. The second-order valence-corrected chi connectivity index (χ2v) is 4.64. The molecule has 0 aliphatic heterocycles. The highest BCUT2D eigenvalue weighted by atomic mass is 15.0. The molecule has 0 aliphatic rings. The zero-order chi connectivity index (χ0) is 13.6. The number of hydrogen-bond acceptors (Lipinski definition) is 2. The quantitative estimate of drug-likeness (QED) is 0.693. The maximum atomic E-state index is 4.53. The van der Waals surface area contributed by atoms with Crippen molar-refractivity contribution < 1.29 is 0 Å². The van der Waals surface area contributed by atoms with Gasteiger partial charge in [-0.15, -0.1) is 0 Å². The zero-order valence-electron chi connectivity index (χ0n) is 11.2. The molecule has 0 saturated heterocycles. The normalized spacial score (nSPS) is 11.4. The van der Waals surface area contributed by atoms with Gasteiger partial charge in [-0.2, -0.15) is 0 Å². The van der Waals surface area contributed by atoms with Crippen LogP contribution >= 0.6 is 0 Å². The molecule has 2 N–H and O–H groups in total. The third kappa shape index (κ3) is 3.13. The molecular formula is C17H17N3. The molecule has 0 aliphatic carbocycles. The molecule has 3 aromatic rings. The summed E-state index contributed by atoms with van der Waals surface area (Å²) in [5.41, 5.74) is 3.33. The van der Waals surface area contributed by atoms with E-state index in [0.717, 1.165) is 29.9 Å². The Morgan fingerprint density at radius 2 is 1.80 bits per heavy atom. The van der Waals surface area contributed by atoms with Crippen LogP contribution in [0.1, 0.15) is 11.4 Å². The largest absolute Gasteiger partial charge is 0.341 e. The van der Waals surface area contributed by atoms with Gasteiger partial charge in [0.25, 0.3) is 0 Å². The molecule has 0 amide bonds. The fourth-order valence-corrected chi connectivity index (χ4v) is 2.12. The highest BCUT2D eigenvalue weighted by Gasteiger charge is 1.99. The Morgan fingerprint density at radius 3 is 2.65 bits per heavy atom. The van der Waals surface area contributed by atoms with Crippen molar-refractivity contribution in [3.63, 3.8) is 0 Å². The van der Waals surface area contributed by atoms with Crippen molar-refractivity contribution in [3.8, 4) is 0 Å². The molecule has 0 spiro atoms. The number of hydrogen-bond donors (Lipinski definition) is 2. The van der Waals surface area contributed by atoms with Crippen LogP contribution < -0.4 is 5.32 Å². The van der Waals surface area contributed by atoms with Gasteiger partial charge >= 0.3 is 0 Å². The van der Waals surface area contributed by atoms with Gasteiger partial charge in [0, 0.05) is 6.54 Å². The Morgan fingerprint density at radius 1 is 1.00 bits per heavy atom. The first-order valence-electron chi connectivity index (χ1n) is 6.78. The third-order valence-electron chi connectivity index (χ3n) is 3.10. The first-order chi connectivity index (χ1) is 9.92. The lowest BCUT2D eigenvalue weighted by atomic mass is 10.2. The molecule has 0 fully saturated rings. The van der Waals surface area contributed by atoms with Gasteiger partial charge in [0.2, 0.25) is 0 Å². The summed E-state index contributed by atoms with van der Waals surface area (Å²) in [6, 6.07) is 18.4. The first kappa shape index (κ1) is 12.6. The Hall–Kier alpha value is -2.39. The number of H-pyrrole nitrogens is 1. The Labute approximate surface area is 118 Å². The summed E-state index contributed by atoms with van der Waals surface area (Å²) in [4.78, 5) is 7.83. The number of nitrogens with one attached hydrogen (secondary N) is 2. The minimum Gasteiger partial charge on any atom is -0.341 e. The van der Waals surface area contributed by atoms with Crippen LogP contribution in [-0.4, -0.2) is 16.5 Å². The fourth-order valence-electron chi connectivity index (χ4n) is 2.12. The minimum absolute atomic E-state index is 0.744. The van der Waals surface area contributed by atoms with E-state index in [1.807, 2.05) is 42.5 Å². The molecule has 3 nitrogen and oxygen atoms in total. The van der Waals surface area contributed by atoms with Gasteiger partial charge in [-0.3, -0.25) is 0 Å². The van der Waals surface area contributed by atoms with Crippen LogP contribution in [0.5, 0.6) is 0 Å². The summed E-state index contributed by atoms with van der Waals surface area (Å²) in [5, 5.41) is 3.35. The van der Waals surface area contributed by atoms with E-state index in [-0.39, 0.29) is 0 Å². The molecule has 0 atom stereocenters. The van der Waals surface area contributed by atoms with Crippen LogP contribution in [-0.2, 0) is 6.54 Å². The number of aromatic nitrogens is 2. The molecule has 0 saturated carbocycles. The molecule has 1 aromatic heterocycles. The standard InChI is InChI=1S/C17H17N3/c1-2-7-14(8-3-1)9-6-12-18-13-17-19-15-10-4-5-11-16(15)20-17/h1-11,18H,12-13H2,(H,19,20)/b9-6+. The predicted octanol–water partition coefficient (Wildman–Crippen LogP) is 3.37. The van der Waals surface area contributed by atoms with Crippen LogP contribution in [0.25, 0.3) is 17.1 Å². The summed E-state index contributed by atoms with van der Waals surface area (Å²) >= 11 is 0. The highest BCUT2D eigenvalue weighted by molar-refractivity contribution is 5.74. The van der Waals surface area contributed by atoms with E-state index in [9.17, 15) is 0 Å². The van der Waals surface area contributed by atoms with Crippen molar-refractivity contribution >= 4 is 17.1 Å². The second kappa shape index (κ2) is 6.17. The number of aromatic amines is 1. The molecule has 2 aromatic carbocycles. The van der Waals surface area contributed by atoms with E-state index in [4.69, 9.17) is 0 Å². The number of para-hydroxylation sites is 2. The average Bonchev–Trinajstić information content (AvgIpc) is 2.90. The number of benzene rings is 2. The molecule has 1 heterocycles. The monoisotopic (exact) mass is 263 g/mol. The van der Waals surface area contributed by atoms with Gasteiger partial charge < -0.3 is 10.3 Å². The number of rotatable bonds is 5. The average molecular weight is 263 g/mol. The topological polar surface area (TPSA) is 40.7 Å². The van der Waals surface area contributed by atoms with E-state index in [0.29, 0.717) is 0 Å². The SMILES string of the molecule is C(=C\c1ccccc1)/CNCc1nc2ccccc2[nH]1. The van der Waals surface area contributed by atoms with E-state index in [2.05, 4.69) is 39.6 Å². The Kier molecular flexibility index (Phi) is 3.90. The molecule has 3 heteroatoms. The van der Waals surface area contributed by atoms with Crippen molar-refractivity contribution in [1.82, 2.24) is 15.3 Å². The molecule has 0 radical (unpaired) electrons. The number of nitrogens with zero attached hydrogens (tertiary/aromatic N) is 1. The van der Waals surface area contributed by atoms with Gasteiger partial charge in [0.1, 0.15) is 5.82 Å². The van der Waals surface area contributed by atoms with Crippen molar-refractivity contribution in [3.05, 3.63) is 72.1 Å². The van der Waals surface area contributed by atoms with Gasteiger partial charge in [0.05, 0.1) is 17.6 Å². The van der Waals surface area contributed by atoms with Crippen molar-refractivity contribution in [2.45, 2.75) is 6.54 Å². The summed E-state index contributed by atoms with van der Waals surface area (Å²) in [6.07, 6.45) is 4.24. The lowest BCUT2D eigenvalue weighted by Gasteiger charge is -1.97. The van der Waals surface area contributed by atoms with Crippen LogP contribution in [0, 0.1) is 0 Å². The fraction of sp³-hybridized carbons (Fsp3) is 0.118. The molecule has 100 valence electrons. The summed E-state index contributed by atoms with van der Waals surface area (Å²) in [6.45, 7) is 1.57. The lowest BCUT2D eigenvalue weighted by Crippen LogP contribution is -2.13. The van der Waals surface area contributed by atoms with Crippen molar-refractivity contribution in [2.75, 3.05) is 6.54 Å². The van der Waals surface area contributed by atoms with E-state index in [1.54, 1.807) is 0 Å². The lowest BCUT2D eigenvalue weighted by molar-refractivity contribution is 0.728. The van der Waals surface area contributed by atoms with Gasteiger partial charge in [-0.1, -0.05) is 54.6 Å². The molecule has 0 unspecified atom stereocenters. The number of fused-ring (bicyclic) bond motifs is 1. The van der Waals surface area contributed by atoms with Gasteiger partial charge in [0.15, 0.2) is 0 Å². The summed E-state index contributed by atoms with van der Waals surface area (Å²) < 4.78 is 0. The van der Waals surface area contributed by atoms with Crippen LogP contribution in [0.15, 0.2) is 60.7 Å².